The Morgan fingerprint density at radius 1 is 1.21 bits per heavy atom. The van der Waals surface area contributed by atoms with E-state index in [-0.39, 0.29) is 12.0 Å². The van der Waals surface area contributed by atoms with Crippen molar-refractivity contribution >= 4 is 12.1 Å². The molecule has 0 bridgehead atoms. The molecule has 1 fully saturated rings. The van der Waals surface area contributed by atoms with E-state index in [2.05, 4.69) is 0 Å². The summed E-state index contributed by atoms with van der Waals surface area (Å²) in [6, 6.07) is -0.0154. The molecule has 1 amide bonds. The van der Waals surface area contributed by atoms with Crippen molar-refractivity contribution in [2.24, 2.45) is 5.92 Å². The Kier molecular flexibility index (Phi) is 4.17. The molecular weight excluding hydrogens is 246 g/mol. The molecule has 0 spiro atoms. The molecule has 5 nitrogen and oxygen atoms in total. The van der Waals surface area contributed by atoms with E-state index in [1.807, 2.05) is 13.8 Å². The van der Waals surface area contributed by atoms with Gasteiger partial charge in [-0.3, -0.25) is 4.90 Å². The third-order valence-corrected chi connectivity index (χ3v) is 3.56. The van der Waals surface area contributed by atoms with Crippen LogP contribution in [0.1, 0.15) is 54.4 Å². The van der Waals surface area contributed by atoms with E-state index in [9.17, 15) is 14.7 Å². The number of carboxylic acids is 1. The average Bonchev–Trinajstić information content (AvgIpc) is 2.98. The Labute approximate surface area is 114 Å². The average molecular weight is 271 g/mol. The molecule has 1 saturated carbocycles. The molecule has 1 unspecified atom stereocenters. The smallest absolute Gasteiger partial charge is 0.411 e. The highest BCUT2D eigenvalue weighted by atomic mass is 16.6. The Morgan fingerprint density at radius 2 is 1.68 bits per heavy atom. The lowest BCUT2D eigenvalue weighted by Crippen LogP contribution is -2.60. The van der Waals surface area contributed by atoms with Crippen LogP contribution in [0.2, 0.25) is 0 Å². The number of ether oxygens (including phenoxy) is 1. The molecule has 0 saturated heterocycles. The number of amides is 1. The zero-order valence-electron chi connectivity index (χ0n) is 12.7. The maximum atomic E-state index is 12.3. The lowest BCUT2D eigenvalue weighted by molar-refractivity contribution is -0.153. The van der Waals surface area contributed by atoms with Crippen molar-refractivity contribution in [1.29, 1.82) is 0 Å². The predicted molar refractivity (Wildman–Crippen MR) is 72.0 cm³/mol. The van der Waals surface area contributed by atoms with Gasteiger partial charge in [0.2, 0.25) is 0 Å². The molecule has 1 N–H and O–H groups in total. The molecule has 0 radical (unpaired) electrons. The quantitative estimate of drug-likeness (QED) is 0.853. The summed E-state index contributed by atoms with van der Waals surface area (Å²) in [4.78, 5) is 25.4. The van der Waals surface area contributed by atoms with Crippen molar-refractivity contribution in [3.8, 4) is 0 Å². The maximum absolute atomic E-state index is 12.3. The molecule has 0 heterocycles. The van der Waals surface area contributed by atoms with Gasteiger partial charge in [-0.25, -0.2) is 9.59 Å². The summed E-state index contributed by atoms with van der Waals surface area (Å²) in [7, 11) is 0. The Hall–Kier alpha value is -1.26. The number of carboxylic acid groups (broad SMARTS) is 1. The summed E-state index contributed by atoms with van der Waals surface area (Å²) >= 11 is 0. The van der Waals surface area contributed by atoms with Gasteiger partial charge in [-0.05, 0) is 46.5 Å². The van der Waals surface area contributed by atoms with Gasteiger partial charge in [0.25, 0.3) is 0 Å². The minimum Gasteiger partial charge on any atom is -0.479 e. The highest BCUT2D eigenvalue weighted by molar-refractivity contribution is 5.85. The van der Waals surface area contributed by atoms with E-state index < -0.39 is 23.2 Å². The molecule has 1 aliphatic rings. The van der Waals surface area contributed by atoms with E-state index in [0.717, 1.165) is 12.8 Å². The third-order valence-electron chi connectivity index (χ3n) is 3.56. The van der Waals surface area contributed by atoms with Crippen molar-refractivity contribution in [1.82, 2.24) is 4.90 Å². The highest BCUT2D eigenvalue weighted by Gasteiger charge is 2.52. The van der Waals surface area contributed by atoms with Crippen LogP contribution in [-0.2, 0) is 9.53 Å². The first-order valence-electron chi connectivity index (χ1n) is 6.76. The third kappa shape index (κ3) is 3.39. The second-order valence-electron chi connectivity index (χ2n) is 6.69. The largest absolute Gasteiger partial charge is 0.479 e. The van der Waals surface area contributed by atoms with Crippen molar-refractivity contribution in [3.05, 3.63) is 0 Å². The van der Waals surface area contributed by atoms with Crippen molar-refractivity contribution in [2.75, 3.05) is 0 Å². The predicted octanol–water partition coefficient (Wildman–Crippen LogP) is 2.89. The molecule has 0 aliphatic heterocycles. The lowest BCUT2D eigenvalue weighted by Gasteiger charge is -2.41. The minimum absolute atomic E-state index is 0.0154. The summed E-state index contributed by atoms with van der Waals surface area (Å²) < 4.78 is 5.37. The van der Waals surface area contributed by atoms with Gasteiger partial charge in [0.1, 0.15) is 11.1 Å². The standard InChI is InChI=1S/C14H25NO4/c1-9(2)14(6,11(16)17)15(10-7-8-10)12(18)19-13(3,4)5/h9-10H,7-8H2,1-6H3,(H,16,17). The topological polar surface area (TPSA) is 66.8 Å². The van der Waals surface area contributed by atoms with E-state index in [1.165, 1.54) is 4.90 Å². The second-order valence-corrected chi connectivity index (χ2v) is 6.69. The molecular formula is C14H25NO4. The fourth-order valence-corrected chi connectivity index (χ4v) is 1.99. The zero-order valence-corrected chi connectivity index (χ0v) is 12.7. The van der Waals surface area contributed by atoms with E-state index in [1.54, 1.807) is 27.7 Å². The number of aliphatic carboxylic acids is 1. The fraction of sp³-hybridized carbons (Fsp3) is 0.857. The fourth-order valence-electron chi connectivity index (χ4n) is 1.99. The van der Waals surface area contributed by atoms with Crippen LogP contribution in [-0.4, -0.2) is 39.3 Å². The summed E-state index contributed by atoms with van der Waals surface area (Å²) in [6.07, 6.45) is 1.15. The lowest BCUT2D eigenvalue weighted by atomic mass is 9.86. The Bertz CT molecular complexity index is 368. The number of hydrogen-bond acceptors (Lipinski definition) is 3. The molecule has 1 atom stereocenters. The molecule has 110 valence electrons. The van der Waals surface area contributed by atoms with E-state index >= 15 is 0 Å². The molecule has 19 heavy (non-hydrogen) atoms. The van der Waals surface area contributed by atoms with Crippen molar-refractivity contribution < 1.29 is 19.4 Å². The zero-order chi connectivity index (χ0) is 15.0. The molecule has 0 aromatic carbocycles. The number of carbonyl (C=O) groups is 2. The van der Waals surface area contributed by atoms with Crippen LogP contribution in [0, 0.1) is 5.92 Å². The van der Waals surface area contributed by atoms with Crippen molar-refractivity contribution in [2.45, 2.75) is 71.6 Å². The summed E-state index contributed by atoms with van der Waals surface area (Å²) in [5, 5.41) is 9.55. The van der Waals surface area contributed by atoms with E-state index in [4.69, 9.17) is 4.74 Å². The van der Waals surface area contributed by atoms with Crippen LogP contribution >= 0.6 is 0 Å². The van der Waals surface area contributed by atoms with Crippen LogP contribution in [0.25, 0.3) is 0 Å². The van der Waals surface area contributed by atoms with Crippen LogP contribution in [0.15, 0.2) is 0 Å². The van der Waals surface area contributed by atoms with Crippen LogP contribution in [0.3, 0.4) is 0 Å². The summed E-state index contributed by atoms with van der Waals surface area (Å²) in [5.41, 5.74) is -1.86. The first-order valence-corrected chi connectivity index (χ1v) is 6.76. The number of nitrogens with zero attached hydrogens (tertiary/aromatic N) is 1. The van der Waals surface area contributed by atoms with Gasteiger partial charge >= 0.3 is 12.1 Å². The normalized spacial score (nSPS) is 18.9. The number of hydrogen-bond donors (Lipinski definition) is 1. The van der Waals surface area contributed by atoms with Gasteiger partial charge < -0.3 is 9.84 Å². The molecule has 0 aromatic rings. The SMILES string of the molecule is CC(C)C(C)(C(=O)O)N(C(=O)OC(C)(C)C)C1CC1. The Balaban J connectivity index is 3.06. The molecule has 5 heteroatoms. The van der Waals surface area contributed by atoms with Gasteiger partial charge in [0, 0.05) is 6.04 Å². The first kappa shape index (κ1) is 15.8. The molecule has 0 aromatic heterocycles. The van der Waals surface area contributed by atoms with Gasteiger partial charge in [-0.1, -0.05) is 13.8 Å². The first-order chi connectivity index (χ1) is 8.50. The summed E-state index contributed by atoms with van der Waals surface area (Å²) in [6.45, 7) is 10.6. The second kappa shape index (κ2) is 5.02. The van der Waals surface area contributed by atoms with Crippen molar-refractivity contribution in [3.63, 3.8) is 0 Å². The molecule has 1 rings (SSSR count). The van der Waals surface area contributed by atoms with Gasteiger partial charge in [0.15, 0.2) is 0 Å². The highest BCUT2D eigenvalue weighted by Crippen LogP contribution is 2.38. The summed E-state index contributed by atoms with van der Waals surface area (Å²) in [5.74, 6) is -1.18. The molecule has 1 aliphatic carbocycles. The monoisotopic (exact) mass is 271 g/mol. The maximum Gasteiger partial charge on any atom is 0.411 e. The van der Waals surface area contributed by atoms with Crippen LogP contribution < -0.4 is 0 Å². The number of carbonyl (C=O) groups excluding carboxylic acids is 1. The van der Waals surface area contributed by atoms with Crippen LogP contribution in [0.5, 0.6) is 0 Å². The van der Waals surface area contributed by atoms with Gasteiger partial charge in [-0.2, -0.15) is 0 Å². The minimum atomic E-state index is -1.23. The van der Waals surface area contributed by atoms with Crippen LogP contribution in [0.4, 0.5) is 4.79 Å². The van der Waals surface area contributed by atoms with Gasteiger partial charge in [-0.15, -0.1) is 0 Å². The Morgan fingerprint density at radius 3 is 1.95 bits per heavy atom. The van der Waals surface area contributed by atoms with E-state index in [0.29, 0.717) is 0 Å². The number of rotatable bonds is 4. The van der Waals surface area contributed by atoms with Gasteiger partial charge in [0.05, 0.1) is 0 Å².